The average Bonchev–Trinajstić information content (AvgIpc) is 2.80. The normalized spacial score (nSPS) is 12.9. The van der Waals surface area contributed by atoms with Gasteiger partial charge in [-0.3, -0.25) is 0 Å². The van der Waals surface area contributed by atoms with Gasteiger partial charge in [0.15, 0.2) is 6.10 Å². The van der Waals surface area contributed by atoms with Crippen LogP contribution in [0.3, 0.4) is 0 Å². The summed E-state index contributed by atoms with van der Waals surface area (Å²) >= 11 is 0. The van der Waals surface area contributed by atoms with Crippen LogP contribution in [0.2, 0.25) is 0 Å². The monoisotopic (exact) mass is 533 g/mol. The van der Waals surface area contributed by atoms with Crippen LogP contribution in [-0.4, -0.2) is 46.4 Å². The van der Waals surface area contributed by atoms with E-state index in [1.165, 1.54) is 24.4 Å². The fourth-order valence-corrected chi connectivity index (χ4v) is 3.10. The Labute approximate surface area is 207 Å². The summed E-state index contributed by atoms with van der Waals surface area (Å²) in [5, 5.41) is 9.66. The van der Waals surface area contributed by atoms with Gasteiger partial charge < -0.3 is 19.5 Å². The summed E-state index contributed by atoms with van der Waals surface area (Å²) in [6.45, 7) is 2.33. The Balaban J connectivity index is 1.89. The van der Waals surface area contributed by atoms with E-state index in [1.54, 1.807) is 12.1 Å². The number of hydrogen-bond acceptors (Lipinski definition) is 6. The van der Waals surface area contributed by atoms with Crippen molar-refractivity contribution in [2.45, 2.75) is 45.2 Å². The minimum absolute atomic E-state index is 0.00610. The lowest BCUT2D eigenvalue weighted by Crippen LogP contribution is -2.41. The van der Waals surface area contributed by atoms with Crippen LogP contribution in [0.1, 0.15) is 16.7 Å². The van der Waals surface area contributed by atoms with E-state index in [2.05, 4.69) is 14.7 Å². The minimum Gasteiger partial charge on any atom is -0.439 e. The van der Waals surface area contributed by atoms with E-state index in [9.17, 15) is 35.8 Å². The summed E-state index contributed by atoms with van der Waals surface area (Å²) in [5.41, 5.74) is 2.04. The van der Waals surface area contributed by atoms with Crippen LogP contribution in [0.4, 0.5) is 36.7 Å². The first-order valence-corrected chi connectivity index (χ1v) is 10.8. The number of alkyl halides is 7. The number of rotatable bonds is 10. The van der Waals surface area contributed by atoms with Crippen LogP contribution in [0.5, 0.6) is 17.4 Å². The van der Waals surface area contributed by atoms with Crippen molar-refractivity contribution in [1.82, 2.24) is 9.97 Å². The first kappa shape index (κ1) is 28.0. The molecule has 0 fully saturated rings. The molecule has 0 aliphatic rings. The number of aliphatic hydroxyl groups is 1. The predicted octanol–water partition coefficient (Wildman–Crippen LogP) is 6.05. The maximum Gasteiger partial charge on any atom is 0.461 e. The molecule has 1 atom stereocenters. The number of nitrogens with zero attached hydrogens (tertiary/aromatic N) is 3. The number of benzene rings is 2. The molecule has 0 radical (unpaired) electrons. The molecule has 0 saturated carbocycles. The van der Waals surface area contributed by atoms with Gasteiger partial charge in [-0.1, -0.05) is 18.2 Å². The van der Waals surface area contributed by atoms with E-state index in [4.69, 9.17) is 4.74 Å². The van der Waals surface area contributed by atoms with Crippen molar-refractivity contribution in [2.24, 2.45) is 0 Å². The zero-order valence-electron chi connectivity index (χ0n) is 19.5. The molecule has 1 N–H and O–H groups in total. The van der Waals surface area contributed by atoms with E-state index >= 15 is 0 Å². The molecular formula is C24H22F7N3O3. The highest BCUT2D eigenvalue weighted by molar-refractivity contribution is 5.39. The van der Waals surface area contributed by atoms with Crippen molar-refractivity contribution in [1.29, 1.82) is 0 Å². The van der Waals surface area contributed by atoms with Gasteiger partial charge in [-0.25, -0.2) is 4.98 Å². The molecule has 37 heavy (non-hydrogen) atoms. The number of anilines is 1. The predicted molar refractivity (Wildman–Crippen MR) is 119 cm³/mol. The van der Waals surface area contributed by atoms with E-state index in [0.717, 1.165) is 28.2 Å². The Hall–Kier alpha value is -3.61. The van der Waals surface area contributed by atoms with E-state index < -0.39 is 43.7 Å². The van der Waals surface area contributed by atoms with Crippen LogP contribution < -0.4 is 14.4 Å². The Bertz CT molecular complexity index is 1210. The molecule has 200 valence electrons. The SMILES string of the molecule is Cc1ccc(Oc2ccnc(N(Cc3cccc(OC(F)(F)C(F)F)c3)CC(O)C(F)(F)F)n2)cc1C. The fraction of sp³-hybridized carbons (Fsp3) is 0.333. The summed E-state index contributed by atoms with van der Waals surface area (Å²) < 4.78 is 101. The van der Waals surface area contributed by atoms with E-state index in [1.807, 2.05) is 19.9 Å². The number of aryl methyl sites for hydroxylation is 2. The molecule has 1 aromatic heterocycles. The number of halogens is 7. The summed E-state index contributed by atoms with van der Waals surface area (Å²) in [5.74, 6) is -0.492. The standard InChI is InChI=1S/C24H22F7N3O3/c1-14-6-7-17(10-15(14)2)36-20-8-9-32-22(33-20)34(13-19(35)23(27,28)29)12-16-4-3-5-18(11-16)37-24(30,31)21(25)26/h3-11,19,21,35H,12-13H2,1-2H3. The fourth-order valence-electron chi connectivity index (χ4n) is 3.10. The van der Waals surface area contributed by atoms with Gasteiger partial charge >= 0.3 is 18.7 Å². The highest BCUT2D eigenvalue weighted by Crippen LogP contribution is 2.30. The molecule has 0 bridgehead atoms. The van der Waals surface area contributed by atoms with Crippen LogP contribution in [0.25, 0.3) is 0 Å². The van der Waals surface area contributed by atoms with Crippen molar-refractivity contribution in [3.05, 3.63) is 71.4 Å². The second kappa shape index (κ2) is 11.2. The Kier molecular flexibility index (Phi) is 8.46. The first-order chi connectivity index (χ1) is 17.2. The summed E-state index contributed by atoms with van der Waals surface area (Å²) in [6, 6.07) is 11.1. The third-order valence-corrected chi connectivity index (χ3v) is 5.15. The highest BCUT2D eigenvalue weighted by atomic mass is 19.4. The van der Waals surface area contributed by atoms with Crippen molar-refractivity contribution in [2.75, 3.05) is 11.4 Å². The molecule has 6 nitrogen and oxygen atoms in total. The molecule has 3 aromatic rings. The molecule has 0 amide bonds. The molecule has 13 heteroatoms. The lowest BCUT2D eigenvalue weighted by atomic mass is 10.1. The lowest BCUT2D eigenvalue weighted by molar-refractivity contribution is -0.253. The van der Waals surface area contributed by atoms with Crippen LogP contribution in [0, 0.1) is 13.8 Å². The highest BCUT2D eigenvalue weighted by Gasteiger charge is 2.44. The largest absolute Gasteiger partial charge is 0.461 e. The molecule has 1 unspecified atom stereocenters. The van der Waals surface area contributed by atoms with Gasteiger partial charge in [0.1, 0.15) is 11.5 Å². The number of aromatic nitrogens is 2. The molecule has 0 aliphatic carbocycles. The molecule has 2 aromatic carbocycles. The molecule has 0 saturated heterocycles. The van der Waals surface area contributed by atoms with Gasteiger partial charge in [-0.15, -0.1) is 0 Å². The molecule has 0 spiro atoms. The summed E-state index contributed by atoms with van der Waals surface area (Å²) in [4.78, 5) is 9.02. The minimum atomic E-state index is -4.98. The van der Waals surface area contributed by atoms with Gasteiger partial charge in [-0.2, -0.15) is 35.7 Å². The topological polar surface area (TPSA) is 67.7 Å². The Morgan fingerprint density at radius 1 is 0.946 bits per heavy atom. The van der Waals surface area contributed by atoms with Crippen molar-refractivity contribution >= 4 is 5.95 Å². The Morgan fingerprint density at radius 3 is 2.32 bits per heavy atom. The van der Waals surface area contributed by atoms with Crippen LogP contribution in [0.15, 0.2) is 54.7 Å². The summed E-state index contributed by atoms with van der Waals surface area (Å²) in [7, 11) is 0. The van der Waals surface area contributed by atoms with E-state index in [-0.39, 0.29) is 17.4 Å². The second-order valence-electron chi connectivity index (χ2n) is 8.09. The van der Waals surface area contributed by atoms with E-state index in [0.29, 0.717) is 5.75 Å². The quantitative estimate of drug-likeness (QED) is 0.320. The van der Waals surface area contributed by atoms with Gasteiger partial charge in [0.05, 0.1) is 6.54 Å². The van der Waals surface area contributed by atoms with Gasteiger partial charge in [0.2, 0.25) is 11.8 Å². The smallest absolute Gasteiger partial charge is 0.439 e. The van der Waals surface area contributed by atoms with Gasteiger partial charge in [0, 0.05) is 18.8 Å². The molecule has 3 rings (SSSR count). The number of ether oxygens (including phenoxy) is 2. The lowest BCUT2D eigenvalue weighted by Gasteiger charge is -2.27. The summed E-state index contributed by atoms with van der Waals surface area (Å²) in [6.07, 6.45) is -15.4. The van der Waals surface area contributed by atoms with Crippen LogP contribution in [-0.2, 0) is 6.54 Å². The first-order valence-electron chi connectivity index (χ1n) is 10.8. The number of hydrogen-bond donors (Lipinski definition) is 1. The Morgan fingerprint density at radius 2 is 1.68 bits per heavy atom. The zero-order valence-corrected chi connectivity index (χ0v) is 19.5. The van der Waals surface area contributed by atoms with Gasteiger partial charge in [0.25, 0.3) is 0 Å². The second-order valence-corrected chi connectivity index (χ2v) is 8.09. The molecule has 1 heterocycles. The zero-order chi connectivity index (χ0) is 27.4. The maximum atomic E-state index is 13.3. The van der Waals surface area contributed by atoms with Crippen molar-refractivity contribution in [3.63, 3.8) is 0 Å². The molecular weight excluding hydrogens is 511 g/mol. The molecule has 0 aliphatic heterocycles. The van der Waals surface area contributed by atoms with Gasteiger partial charge in [-0.05, 0) is 54.8 Å². The number of aliphatic hydroxyl groups excluding tert-OH is 1. The van der Waals surface area contributed by atoms with Crippen molar-refractivity contribution in [3.8, 4) is 17.4 Å². The average molecular weight is 533 g/mol. The third-order valence-electron chi connectivity index (χ3n) is 5.15. The maximum absolute atomic E-state index is 13.3. The van der Waals surface area contributed by atoms with Crippen LogP contribution >= 0.6 is 0 Å². The third kappa shape index (κ3) is 7.68. The van der Waals surface area contributed by atoms with Crippen molar-refractivity contribution < 1.29 is 45.3 Å².